The van der Waals surface area contributed by atoms with Gasteiger partial charge in [0.1, 0.15) is 5.75 Å². The molecule has 143 valence electrons. The van der Waals surface area contributed by atoms with Crippen LogP contribution >= 0.6 is 0 Å². The van der Waals surface area contributed by atoms with Gasteiger partial charge < -0.3 is 14.5 Å². The molecular weight excluding hydrogens is 387 g/mol. The topological polar surface area (TPSA) is 90.0 Å². The first-order valence-corrected chi connectivity index (χ1v) is 10.2. The van der Waals surface area contributed by atoms with Gasteiger partial charge in [-0.15, -0.1) is 0 Å². The van der Waals surface area contributed by atoms with Crippen molar-refractivity contribution >= 4 is 51.5 Å². The van der Waals surface area contributed by atoms with Crippen molar-refractivity contribution in [3.63, 3.8) is 0 Å². The molecule has 1 N–H and O–H groups in total. The summed E-state index contributed by atoms with van der Waals surface area (Å²) in [6.45, 7) is 4.56. The largest absolute Gasteiger partial charge is 0.496 e. The Morgan fingerprint density at radius 2 is 2.07 bits per heavy atom. The number of ether oxygens (including phenoxy) is 2. The molecule has 1 radical (unpaired) electrons. The van der Waals surface area contributed by atoms with E-state index in [9.17, 15) is 4.21 Å². The minimum atomic E-state index is -1.37. The fraction of sp³-hybridized carbons (Fsp3) is 0.421. The molecule has 0 aliphatic heterocycles. The number of rotatable bonds is 7. The second-order valence-electron chi connectivity index (χ2n) is 6.85. The smallest absolute Gasteiger partial charge is 0.218 e. The van der Waals surface area contributed by atoms with E-state index in [1.54, 1.807) is 19.4 Å². The Hall–Kier alpha value is -1.48. The van der Waals surface area contributed by atoms with Crippen LogP contribution in [0, 0.1) is 19.8 Å². The van der Waals surface area contributed by atoms with Crippen molar-refractivity contribution in [2.75, 3.05) is 13.7 Å². The third-order valence-corrected chi connectivity index (χ3v) is 5.87. The van der Waals surface area contributed by atoms with Gasteiger partial charge in [-0.1, -0.05) is 0 Å². The van der Waals surface area contributed by atoms with Gasteiger partial charge >= 0.3 is 0 Å². The SMILES string of the molecule is COc1ccnc(CS(=O)c2nc3nc(OCC4CC4)c(C)cc3[nH]2)c1C.[Na]. The van der Waals surface area contributed by atoms with Crippen molar-refractivity contribution in [1.82, 2.24) is 19.9 Å². The van der Waals surface area contributed by atoms with Gasteiger partial charge in [0.15, 0.2) is 10.8 Å². The van der Waals surface area contributed by atoms with E-state index in [1.165, 1.54) is 12.8 Å². The van der Waals surface area contributed by atoms with Crippen molar-refractivity contribution in [3.05, 3.63) is 35.2 Å². The fourth-order valence-corrected chi connectivity index (χ4v) is 3.95. The van der Waals surface area contributed by atoms with Crippen molar-refractivity contribution in [2.24, 2.45) is 5.92 Å². The van der Waals surface area contributed by atoms with Gasteiger partial charge in [-0.05, 0) is 44.7 Å². The molecule has 1 saturated carbocycles. The summed E-state index contributed by atoms with van der Waals surface area (Å²) in [6.07, 6.45) is 4.11. The van der Waals surface area contributed by atoms with Gasteiger partial charge in [0.2, 0.25) is 5.88 Å². The number of H-pyrrole nitrogens is 1. The molecule has 1 unspecified atom stereocenters. The minimum absolute atomic E-state index is 0. The van der Waals surface area contributed by atoms with E-state index in [1.807, 2.05) is 19.9 Å². The van der Waals surface area contributed by atoms with E-state index in [-0.39, 0.29) is 35.3 Å². The second-order valence-corrected chi connectivity index (χ2v) is 8.22. The average Bonchev–Trinajstić information content (AvgIpc) is 3.39. The van der Waals surface area contributed by atoms with Crippen LogP contribution in [-0.4, -0.2) is 67.4 Å². The van der Waals surface area contributed by atoms with Crippen LogP contribution in [0.5, 0.6) is 11.6 Å². The number of hydrogen-bond acceptors (Lipinski definition) is 6. The van der Waals surface area contributed by atoms with Crippen LogP contribution < -0.4 is 9.47 Å². The average molecular weight is 409 g/mol. The Kier molecular flexibility index (Phi) is 6.75. The Bertz CT molecular complexity index is 1020. The summed E-state index contributed by atoms with van der Waals surface area (Å²) in [5.74, 6) is 2.25. The molecule has 1 atom stereocenters. The first-order chi connectivity index (χ1) is 13.0. The standard InChI is InChI=1S/C19H22N4O3S.Na/c1-11-8-14-17(22-18(11)26-9-13-4-5-13)23-19(21-14)27(24)10-15-12(2)16(25-3)6-7-20-15;/h6-8,13H,4-5,9-10H2,1-3H3,(H,21,22,23);. The molecule has 0 aromatic carbocycles. The third-order valence-electron chi connectivity index (χ3n) is 4.71. The zero-order chi connectivity index (χ0) is 19.0. The van der Waals surface area contributed by atoms with Crippen molar-refractivity contribution in [1.29, 1.82) is 0 Å². The molecule has 0 saturated heterocycles. The molecule has 3 heterocycles. The second kappa shape index (κ2) is 8.90. The number of nitrogens with zero attached hydrogens (tertiary/aromatic N) is 3. The van der Waals surface area contributed by atoms with Gasteiger partial charge in [-0.3, -0.25) is 9.19 Å². The molecule has 0 spiro atoms. The number of hydrogen-bond donors (Lipinski definition) is 1. The van der Waals surface area contributed by atoms with Crippen molar-refractivity contribution < 1.29 is 13.7 Å². The first-order valence-electron chi connectivity index (χ1n) is 8.92. The molecule has 1 fully saturated rings. The van der Waals surface area contributed by atoms with Crippen LogP contribution in [0.4, 0.5) is 0 Å². The van der Waals surface area contributed by atoms with Gasteiger partial charge in [0, 0.05) is 46.9 Å². The molecule has 4 rings (SSSR count). The number of imidazole rings is 1. The van der Waals surface area contributed by atoms with E-state index in [2.05, 4.69) is 19.9 Å². The number of fused-ring (bicyclic) bond motifs is 1. The van der Waals surface area contributed by atoms with Crippen LogP contribution in [0.1, 0.15) is 29.7 Å². The summed E-state index contributed by atoms with van der Waals surface area (Å²) in [4.78, 5) is 16.4. The van der Waals surface area contributed by atoms with E-state index < -0.39 is 10.8 Å². The number of aromatic nitrogens is 4. The molecule has 1 aliphatic carbocycles. The molecule has 28 heavy (non-hydrogen) atoms. The molecule has 3 aromatic rings. The van der Waals surface area contributed by atoms with Crippen molar-refractivity contribution in [3.8, 4) is 11.6 Å². The van der Waals surface area contributed by atoms with Gasteiger partial charge in [-0.25, -0.2) is 4.98 Å². The number of pyridine rings is 2. The first kappa shape index (κ1) is 21.2. The monoisotopic (exact) mass is 409 g/mol. The zero-order valence-corrected chi connectivity index (χ0v) is 19.4. The summed E-state index contributed by atoms with van der Waals surface area (Å²) < 4.78 is 23.9. The third kappa shape index (κ3) is 4.56. The zero-order valence-electron chi connectivity index (χ0n) is 16.6. The van der Waals surface area contributed by atoms with Gasteiger partial charge in [0.25, 0.3) is 0 Å². The molecule has 7 nitrogen and oxygen atoms in total. The van der Waals surface area contributed by atoms with E-state index in [4.69, 9.17) is 9.47 Å². The summed E-state index contributed by atoms with van der Waals surface area (Å²) >= 11 is 0. The van der Waals surface area contributed by atoms with Crippen LogP contribution in [0.25, 0.3) is 11.2 Å². The predicted molar refractivity (Wildman–Crippen MR) is 108 cm³/mol. The summed E-state index contributed by atoms with van der Waals surface area (Å²) in [5, 5.41) is 0.389. The maximum Gasteiger partial charge on any atom is 0.218 e. The Balaban J connectivity index is 0.00000225. The Morgan fingerprint density at radius 3 is 2.79 bits per heavy atom. The minimum Gasteiger partial charge on any atom is -0.496 e. The van der Waals surface area contributed by atoms with Crippen LogP contribution in [0.3, 0.4) is 0 Å². The molecule has 1 aliphatic rings. The molecule has 0 bridgehead atoms. The Morgan fingerprint density at radius 1 is 1.29 bits per heavy atom. The fourth-order valence-electron chi connectivity index (χ4n) is 2.86. The van der Waals surface area contributed by atoms with E-state index in [0.717, 1.165) is 28.1 Å². The maximum atomic E-state index is 12.8. The number of aromatic amines is 1. The normalized spacial score (nSPS) is 14.5. The summed E-state index contributed by atoms with van der Waals surface area (Å²) in [5.41, 5.74) is 3.82. The number of nitrogens with one attached hydrogen (secondary N) is 1. The molecular formula is C19H22N4NaO3S. The quantitative estimate of drug-likeness (QED) is 0.604. The molecule has 9 heteroatoms. The van der Waals surface area contributed by atoms with Crippen LogP contribution in [-0.2, 0) is 16.6 Å². The molecule has 3 aromatic heterocycles. The van der Waals surface area contributed by atoms with Gasteiger partial charge in [-0.2, -0.15) is 4.98 Å². The number of methoxy groups -OCH3 is 1. The summed E-state index contributed by atoms with van der Waals surface area (Å²) in [6, 6.07) is 3.73. The Labute approximate surface area is 188 Å². The predicted octanol–water partition coefficient (Wildman–Crippen LogP) is 2.69. The van der Waals surface area contributed by atoms with E-state index in [0.29, 0.717) is 29.2 Å². The summed E-state index contributed by atoms with van der Waals surface area (Å²) in [7, 11) is 0.243. The molecule has 0 amide bonds. The van der Waals surface area contributed by atoms with Crippen LogP contribution in [0.15, 0.2) is 23.5 Å². The van der Waals surface area contributed by atoms with E-state index >= 15 is 0 Å². The van der Waals surface area contributed by atoms with Crippen molar-refractivity contribution in [2.45, 2.75) is 37.6 Å². The van der Waals surface area contributed by atoms with Crippen LogP contribution in [0.2, 0.25) is 0 Å². The van der Waals surface area contributed by atoms with Gasteiger partial charge in [0.05, 0.1) is 41.5 Å². The number of aryl methyl sites for hydroxylation is 1. The maximum absolute atomic E-state index is 12.8.